The average molecular weight is 408 g/mol. The van der Waals surface area contributed by atoms with Gasteiger partial charge in [0, 0.05) is 12.6 Å². The van der Waals surface area contributed by atoms with Crippen molar-refractivity contribution in [2.75, 3.05) is 6.54 Å². The molecule has 2 aromatic carbocycles. The first kappa shape index (κ1) is 20.4. The van der Waals surface area contributed by atoms with Gasteiger partial charge in [-0.3, -0.25) is 10.9 Å². The molecule has 0 radical (unpaired) electrons. The molecule has 3 aromatic rings. The third-order valence-electron chi connectivity index (χ3n) is 5.30. The number of ether oxygens (including phenoxy) is 1. The van der Waals surface area contributed by atoms with Crippen molar-refractivity contribution in [3.05, 3.63) is 65.5 Å². The first-order valence-electron chi connectivity index (χ1n) is 10.5. The zero-order valence-corrected chi connectivity index (χ0v) is 17.4. The summed E-state index contributed by atoms with van der Waals surface area (Å²) < 4.78 is 5.42. The Labute approximate surface area is 176 Å². The molecule has 1 aliphatic rings. The Morgan fingerprint density at radius 3 is 2.80 bits per heavy atom. The topological polar surface area (TPSA) is 91.1 Å². The van der Waals surface area contributed by atoms with Crippen LogP contribution >= 0.6 is 0 Å². The number of fused-ring (bicyclic) bond motifs is 1. The van der Waals surface area contributed by atoms with Gasteiger partial charge in [0.2, 0.25) is 0 Å². The number of carbonyl (C=O) groups is 1. The summed E-state index contributed by atoms with van der Waals surface area (Å²) in [7, 11) is 0. The fourth-order valence-electron chi connectivity index (χ4n) is 3.78. The van der Waals surface area contributed by atoms with E-state index in [-0.39, 0.29) is 12.6 Å². The molecule has 0 spiro atoms. The number of imidazole rings is 1. The predicted molar refractivity (Wildman–Crippen MR) is 117 cm³/mol. The third kappa shape index (κ3) is 4.98. The molecule has 1 saturated heterocycles. The SMILES string of the molecule is CC(C)C[C@@H](NC(=O)OCc1ccccc1)c1nc2ccc(C3CCNN3)cc2[nH]1. The second kappa shape index (κ2) is 9.28. The Kier molecular flexibility index (Phi) is 6.30. The predicted octanol–water partition coefficient (Wildman–Crippen LogP) is 4.12. The van der Waals surface area contributed by atoms with Gasteiger partial charge in [0.25, 0.3) is 0 Å². The van der Waals surface area contributed by atoms with Gasteiger partial charge in [-0.2, -0.15) is 0 Å². The molecule has 4 rings (SSSR count). The summed E-state index contributed by atoms with van der Waals surface area (Å²) in [5.41, 5.74) is 10.5. The number of nitrogens with zero attached hydrogens (tertiary/aromatic N) is 1. The first-order chi connectivity index (χ1) is 14.6. The van der Waals surface area contributed by atoms with E-state index in [1.165, 1.54) is 5.56 Å². The Hall–Kier alpha value is -2.90. The maximum absolute atomic E-state index is 12.4. The molecule has 1 unspecified atom stereocenters. The van der Waals surface area contributed by atoms with Gasteiger partial charge >= 0.3 is 6.09 Å². The van der Waals surface area contributed by atoms with Crippen molar-refractivity contribution >= 4 is 17.1 Å². The summed E-state index contributed by atoms with van der Waals surface area (Å²) in [6.07, 6.45) is 1.38. The van der Waals surface area contributed by atoms with Crippen LogP contribution < -0.4 is 16.2 Å². The molecule has 2 atom stereocenters. The van der Waals surface area contributed by atoms with Gasteiger partial charge in [-0.15, -0.1) is 0 Å². The standard InChI is InChI=1S/C23H29N5O2/c1-15(2)12-21(27-23(29)30-14-16-6-4-3-5-7-16)22-25-19-9-8-17(13-20(19)26-22)18-10-11-24-28-18/h3-9,13,15,18,21,24,28H,10-12,14H2,1-2H3,(H,25,26)(H,27,29)/t18?,21-/m1/s1. The molecule has 1 aliphatic heterocycles. The van der Waals surface area contributed by atoms with E-state index in [4.69, 9.17) is 9.72 Å². The molecular weight excluding hydrogens is 378 g/mol. The molecule has 0 aliphatic carbocycles. The van der Waals surface area contributed by atoms with Gasteiger partial charge in [-0.25, -0.2) is 9.78 Å². The van der Waals surface area contributed by atoms with Gasteiger partial charge in [0.05, 0.1) is 17.1 Å². The quantitative estimate of drug-likeness (QED) is 0.473. The van der Waals surface area contributed by atoms with Crippen molar-refractivity contribution in [3.8, 4) is 0 Å². The van der Waals surface area contributed by atoms with Crippen molar-refractivity contribution in [3.63, 3.8) is 0 Å². The summed E-state index contributed by atoms with van der Waals surface area (Å²) in [5, 5.41) is 2.99. The molecule has 1 fully saturated rings. The lowest BCUT2D eigenvalue weighted by Crippen LogP contribution is -2.30. The number of aromatic nitrogens is 2. The highest BCUT2D eigenvalue weighted by atomic mass is 16.5. The van der Waals surface area contributed by atoms with Gasteiger partial charge in [-0.05, 0) is 42.0 Å². The van der Waals surface area contributed by atoms with E-state index in [9.17, 15) is 4.79 Å². The average Bonchev–Trinajstić information content (AvgIpc) is 3.41. The molecule has 7 nitrogen and oxygen atoms in total. The lowest BCUT2D eigenvalue weighted by atomic mass is 10.0. The highest BCUT2D eigenvalue weighted by Crippen LogP contribution is 2.26. The van der Waals surface area contributed by atoms with E-state index in [1.807, 2.05) is 36.4 Å². The fraction of sp³-hybridized carbons (Fsp3) is 0.391. The first-order valence-corrected chi connectivity index (χ1v) is 10.5. The van der Waals surface area contributed by atoms with E-state index in [1.54, 1.807) is 0 Å². The van der Waals surface area contributed by atoms with Crippen LogP contribution in [0.3, 0.4) is 0 Å². The van der Waals surface area contributed by atoms with Crippen molar-refractivity contribution in [2.45, 2.75) is 45.4 Å². The number of hydrogen-bond donors (Lipinski definition) is 4. The normalized spacial score (nSPS) is 17.4. The largest absolute Gasteiger partial charge is 0.445 e. The Balaban J connectivity index is 1.48. The number of carbonyl (C=O) groups excluding carboxylic acids is 1. The smallest absolute Gasteiger partial charge is 0.408 e. The van der Waals surface area contributed by atoms with Crippen LogP contribution in [0.2, 0.25) is 0 Å². The van der Waals surface area contributed by atoms with Crippen LogP contribution in [0.5, 0.6) is 0 Å². The van der Waals surface area contributed by atoms with Crippen molar-refractivity contribution in [1.29, 1.82) is 0 Å². The van der Waals surface area contributed by atoms with E-state index in [0.717, 1.165) is 41.8 Å². The number of hydrazine groups is 1. The molecule has 2 heterocycles. The number of nitrogens with one attached hydrogen (secondary N) is 4. The molecule has 7 heteroatoms. The zero-order valence-electron chi connectivity index (χ0n) is 17.4. The monoisotopic (exact) mass is 407 g/mol. The van der Waals surface area contributed by atoms with E-state index in [0.29, 0.717) is 12.0 Å². The van der Waals surface area contributed by atoms with E-state index < -0.39 is 6.09 Å². The highest BCUT2D eigenvalue weighted by Gasteiger charge is 2.22. The number of rotatable bonds is 7. The molecule has 30 heavy (non-hydrogen) atoms. The third-order valence-corrected chi connectivity index (χ3v) is 5.30. The maximum atomic E-state index is 12.4. The zero-order chi connectivity index (χ0) is 20.9. The number of benzene rings is 2. The minimum absolute atomic E-state index is 0.240. The van der Waals surface area contributed by atoms with Crippen molar-refractivity contribution in [2.24, 2.45) is 5.92 Å². The number of hydrogen-bond acceptors (Lipinski definition) is 5. The summed E-state index contributed by atoms with van der Waals surface area (Å²) in [5.74, 6) is 1.15. The minimum Gasteiger partial charge on any atom is -0.445 e. The van der Waals surface area contributed by atoms with Crippen LogP contribution in [-0.2, 0) is 11.3 Å². The summed E-state index contributed by atoms with van der Waals surface area (Å²) in [6, 6.07) is 16.0. The molecule has 1 aromatic heterocycles. The van der Waals surface area contributed by atoms with E-state index in [2.05, 4.69) is 47.1 Å². The van der Waals surface area contributed by atoms with Crippen LogP contribution in [-0.4, -0.2) is 22.6 Å². The molecular formula is C23H29N5O2. The minimum atomic E-state index is -0.438. The van der Waals surface area contributed by atoms with Gasteiger partial charge in [0.1, 0.15) is 12.4 Å². The lowest BCUT2D eigenvalue weighted by Gasteiger charge is -2.18. The van der Waals surface area contributed by atoms with E-state index >= 15 is 0 Å². The van der Waals surface area contributed by atoms with Gasteiger partial charge in [0.15, 0.2) is 0 Å². The molecule has 0 saturated carbocycles. The van der Waals surface area contributed by atoms with Crippen molar-refractivity contribution in [1.82, 2.24) is 26.1 Å². The molecule has 4 N–H and O–H groups in total. The second-order valence-electron chi connectivity index (χ2n) is 8.20. The summed E-state index contributed by atoms with van der Waals surface area (Å²) in [6.45, 7) is 5.46. The fourth-order valence-corrected chi connectivity index (χ4v) is 3.78. The van der Waals surface area contributed by atoms with Crippen molar-refractivity contribution < 1.29 is 9.53 Å². The second-order valence-corrected chi connectivity index (χ2v) is 8.20. The van der Waals surface area contributed by atoms with Crippen LogP contribution in [0.4, 0.5) is 4.79 Å². The number of alkyl carbamates (subject to hydrolysis) is 1. The van der Waals surface area contributed by atoms with Crippen LogP contribution in [0.25, 0.3) is 11.0 Å². The van der Waals surface area contributed by atoms with Crippen LogP contribution in [0.15, 0.2) is 48.5 Å². The maximum Gasteiger partial charge on any atom is 0.408 e. The Morgan fingerprint density at radius 2 is 2.07 bits per heavy atom. The Bertz CT molecular complexity index is 980. The number of amides is 1. The highest BCUT2D eigenvalue weighted by molar-refractivity contribution is 5.76. The lowest BCUT2D eigenvalue weighted by molar-refractivity contribution is 0.134. The summed E-state index contributed by atoms with van der Waals surface area (Å²) >= 11 is 0. The molecule has 158 valence electrons. The Morgan fingerprint density at radius 1 is 1.23 bits per heavy atom. The number of H-pyrrole nitrogens is 1. The van der Waals surface area contributed by atoms with Gasteiger partial charge in [-0.1, -0.05) is 50.2 Å². The van der Waals surface area contributed by atoms with Gasteiger partial charge < -0.3 is 15.0 Å². The molecule has 0 bridgehead atoms. The summed E-state index contributed by atoms with van der Waals surface area (Å²) in [4.78, 5) is 20.6. The van der Waals surface area contributed by atoms with Crippen LogP contribution in [0.1, 0.15) is 55.7 Å². The molecule has 1 amide bonds. The number of aromatic amines is 1. The van der Waals surface area contributed by atoms with Crippen LogP contribution in [0, 0.1) is 5.92 Å².